The van der Waals surface area contributed by atoms with E-state index in [1.54, 1.807) is 36.4 Å². The highest BCUT2D eigenvalue weighted by atomic mass is 33.5. The molecule has 0 saturated carbocycles. The van der Waals surface area contributed by atoms with Crippen molar-refractivity contribution in [2.75, 3.05) is 14.2 Å². The van der Waals surface area contributed by atoms with Gasteiger partial charge < -0.3 is 9.47 Å². The van der Waals surface area contributed by atoms with Gasteiger partial charge in [0.2, 0.25) is 8.87 Å². The lowest BCUT2D eigenvalue weighted by Crippen LogP contribution is -1.98. The number of ether oxygens (including phenoxy) is 2. The van der Waals surface area contributed by atoms with E-state index < -0.39 is 18.7 Å². The Balaban J connectivity index is 2.17. The van der Waals surface area contributed by atoms with Gasteiger partial charge in [0, 0.05) is 0 Å². The normalized spacial score (nSPS) is 12.6. The van der Waals surface area contributed by atoms with E-state index in [0.29, 0.717) is 26.2 Å². The third-order valence-corrected chi connectivity index (χ3v) is 9.35. The quantitative estimate of drug-likeness (QED) is 0.740. The zero-order valence-corrected chi connectivity index (χ0v) is 14.3. The van der Waals surface area contributed by atoms with Crippen LogP contribution in [0.15, 0.2) is 58.3 Å². The van der Waals surface area contributed by atoms with Crippen molar-refractivity contribution in [3.63, 3.8) is 0 Å². The minimum absolute atomic E-state index is 0.0835. The minimum atomic E-state index is -3.72. The summed E-state index contributed by atoms with van der Waals surface area (Å²) in [7, 11) is -2.03. The summed E-state index contributed by atoms with van der Waals surface area (Å²) in [6.07, 6.45) is 0. The van der Waals surface area contributed by atoms with E-state index in [1.807, 2.05) is 0 Å². The minimum Gasteiger partial charge on any atom is -0.497 e. The van der Waals surface area contributed by atoms with E-state index in [1.165, 1.54) is 26.4 Å². The van der Waals surface area contributed by atoms with Crippen LogP contribution >= 0.6 is 9.83 Å². The second-order valence-electron chi connectivity index (χ2n) is 4.11. The molecular weight excluding hydrogens is 344 g/mol. The van der Waals surface area contributed by atoms with Crippen molar-refractivity contribution >= 4 is 28.5 Å². The lowest BCUT2D eigenvalue weighted by molar-refractivity contribution is 0.414. The lowest BCUT2D eigenvalue weighted by Gasteiger charge is -2.05. The van der Waals surface area contributed by atoms with Crippen LogP contribution in [0.3, 0.4) is 0 Å². The van der Waals surface area contributed by atoms with Crippen LogP contribution in [0.5, 0.6) is 11.5 Å². The summed E-state index contributed by atoms with van der Waals surface area (Å²) in [5.41, 5.74) is 0. The highest BCUT2D eigenvalue weighted by molar-refractivity contribution is 9.02. The number of rotatable bonds is 6. The fraction of sp³-hybridized carbons (Fsp3) is 0.143. The molecule has 0 aliphatic rings. The Morgan fingerprint density at radius 3 is 1.77 bits per heavy atom. The number of benzene rings is 2. The molecule has 0 aromatic heterocycles. The molecule has 0 amide bonds. The Hall–Kier alpha value is -1.51. The Labute approximate surface area is 134 Å². The average Bonchev–Trinajstić information content (AvgIpc) is 2.54. The maximum absolute atomic E-state index is 12.2. The zero-order chi connectivity index (χ0) is 16.2. The van der Waals surface area contributed by atoms with Gasteiger partial charge in [-0.2, -0.15) is 0 Å². The molecule has 1 unspecified atom stereocenters. The Bertz CT molecular complexity index is 752. The van der Waals surface area contributed by atoms with Crippen LogP contribution in [0.4, 0.5) is 0 Å². The molecule has 5 nitrogen and oxygen atoms in total. The van der Waals surface area contributed by atoms with Crippen molar-refractivity contribution in [3.8, 4) is 11.5 Å². The van der Waals surface area contributed by atoms with E-state index in [-0.39, 0.29) is 4.90 Å². The standard InChI is InChI=1S/C14H14O5S3/c1-18-11-3-7-13(8-4-11)21(15)20-22(16,17)14-9-5-12(19-2)6-10-14/h3-10H,1-2H3. The third-order valence-electron chi connectivity index (χ3n) is 2.75. The molecule has 0 aliphatic carbocycles. The van der Waals surface area contributed by atoms with Gasteiger partial charge in [-0.15, -0.1) is 0 Å². The molecule has 8 heteroatoms. The number of methoxy groups -OCH3 is 2. The van der Waals surface area contributed by atoms with E-state index in [0.717, 1.165) is 0 Å². The van der Waals surface area contributed by atoms with Gasteiger partial charge in [0.05, 0.1) is 33.8 Å². The zero-order valence-electron chi connectivity index (χ0n) is 11.9. The monoisotopic (exact) mass is 358 g/mol. The van der Waals surface area contributed by atoms with E-state index in [2.05, 4.69) is 0 Å². The van der Waals surface area contributed by atoms with Gasteiger partial charge in [0.1, 0.15) is 21.3 Å². The maximum Gasteiger partial charge on any atom is 0.242 e. The maximum atomic E-state index is 12.2. The Morgan fingerprint density at radius 1 is 0.864 bits per heavy atom. The largest absolute Gasteiger partial charge is 0.497 e. The molecule has 22 heavy (non-hydrogen) atoms. The predicted molar refractivity (Wildman–Crippen MR) is 87.2 cm³/mol. The van der Waals surface area contributed by atoms with Crippen molar-refractivity contribution in [2.24, 2.45) is 0 Å². The van der Waals surface area contributed by atoms with Crippen molar-refractivity contribution < 1.29 is 22.1 Å². The molecule has 0 fully saturated rings. The first kappa shape index (κ1) is 16.9. The first-order valence-corrected chi connectivity index (χ1v) is 10.6. The summed E-state index contributed by atoms with van der Waals surface area (Å²) >= 11 is 0. The Morgan fingerprint density at radius 2 is 1.32 bits per heavy atom. The van der Waals surface area contributed by atoms with Crippen molar-refractivity contribution in [1.82, 2.24) is 0 Å². The van der Waals surface area contributed by atoms with Gasteiger partial charge in [-0.1, -0.05) is 0 Å². The summed E-state index contributed by atoms with van der Waals surface area (Å²) in [5.74, 6) is 1.17. The predicted octanol–water partition coefficient (Wildman–Crippen LogP) is 2.85. The summed E-state index contributed by atoms with van der Waals surface area (Å²) in [5, 5.41) is 0. The first-order chi connectivity index (χ1) is 10.5. The topological polar surface area (TPSA) is 69.7 Å². The van der Waals surface area contributed by atoms with Crippen LogP contribution in [0.2, 0.25) is 0 Å². The van der Waals surface area contributed by atoms with Gasteiger partial charge in [-0.25, -0.2) is 12.6 Å². The summed E-state index contributed by atoms with van der Waals surface area (Å²) in [4.78, 5) is 0.489. The second-order valence-corrected chi connectivity index (χ2v) is 10.4. The van der Waals surface area contributed by atoms with Crippen LogP contribution in [-0.4, -0.2) is 26.8 Å². The van der Waals surface area contributed by atoms with Gasteiger partial charge in [0.25, 0.3) is 0 Å². The molecule has 2 rings (SSSR count). The third kappa shape index (κ3) is 4.02. The molecule has 0 saturated heterocycles. The van der Waals surface area contributed by atoms with Gasteiger partial charge in [0.15, 0.2) is 0 Å². The summed E-state index contributed by atoms with van der Waals surface area (Å²) in [6, 6.07) is 12.4. The second kappa shape index (κ2) is 7.17. The van der Waals surface area contributed by atoms with Crippen molar-refractivity contribution in [2.45, 2.75) is 9.79 Å². The van der Waals surface area contributed by atoms with Crippen LogP contribution in [-0.2, 0) is 18.7 Å². The molecule has 2 aromatic rings. The molecule has 1 atom stereocenters. The molecule has 0 heterocycles. The molecule has 0 spiro atoms. The first-order valence-electron chi connectivity index (χ1n) is 6.11. The summed E-state index contributed by atoms with van der Waals surface area (Å²) < 4.78 is 46.7. The number of hydrogen-bond donors (Lipinski definition) is 0. The fourth-order valence-corrected chi connectivity index (χ4v) is 7.24. The highest BCUT2D eigenvalue weighted by Crippen LogP contribution is 2.31. The van der Waals surface area contributed by atoms with E-state index in [4.69, 9.17) is 9.47 Å². The molecule has 0 aliphatic heterocycles. The summed E-state index contributed by atoms with van der Waals surface area (Å²) in [6.45, 7) is 0. The Kier molecular flexibility index (Phi) is 5.49. The molecule has 118 valence electrons. The highest BCUT2D eigenvalue weighted by Gasteiger charge is 2.21. The van der Waals surface area contributed by atoms with E-state index >= 15 is 0 Å². The smallest absolute Gasteiger partial charge is 0.242 e. The molecular formula is C14H14O5S3. The van der Waals surface area contributed by atoms with Gasteiger partial charge in [-0.3, -0.25) is 0 Å². The molecule has 0 bridgehead atoms. The van der Waals surface area contributed by atoms with Gasteiger partial charge in [-0.05, 0) is 48.5 Å². The molecule has 2 aromatic carbocycles. The van der Waals surface area contributed by atoms with Crippen LogP contribution in [0.1, 0.15) is 0 Å². The van der Waals surface area contributed by atoms with E-state index in [9.17, 15) is 12.6 Å². The van der Waals surface area contributed by atoms with Crippen molar-refractivity contribution in [1.29, 1.82) is 0 Å². The van der Waals surface area contributed by atoms with Gasteiger partial charge >= 0.3 is 0 Å². The number of hydrogen-bond acceptors (Lipinski definition) is 6. The molecule has 0 radical (unpaired) electrons. The van der Waals surface area contributed by atoms with Crippen LogP contribution < -0.4 is 9.47 Å². The lowest BCUT2D eigenvalue weighted by atomic mass is 10.3. The SMILES string of the molecule is COc1ccc(S(=O)SS(=O)(=O)c2ccc(OC)cc2)cc1. The van der Waals surface area contributed by atoms with Crippen molar-refractivity contribution in [3.05, 3.63) is 48.5 Å². The van der Waals surface area contributed by atoms with Crippen LogP contribution in [0.25, 0.3) is 0 Å². The fourth-order valence-electron chi connectivity index (χ4n) is 1.59. The average molecular weight is 358 g/mol. The molecule has 0 N–H and O–H groups in total. The van der Waals surface area contributed by atoms with Crippen LogP contribution in [0, 0.1) is 0 Å².